The van der Waals surface area contributed by atoms with E-state index >= 15 is 0 Å². The van der Waals surface area contributed by atoms with Gasteiger partial charge in [0.15, 0.2) is 5.96 Å². The lowest BCUT2D eigenvalue weighted by Gasteiger charge is -2.13. The van der Waals surface area contributed by atoms with E-state index in [4.69, 9.17) is 0 Å². The molecule has 0 aliphatic rings. The Kier molecular flexibility index (Phi) is 8.91. The molecule has 1 atom stereocenters. The van der Waals surface area contributed by atoms with E-state index in [1.54, 1.807) is 12.1 Å². The molecule has 0 bridgehead atoms. The van der Waals surface area contributed by atoms with E-state index in [0.717, 1.165) is 25.0 Å². The molecule has 0 amide bonds. The first-order valence-electron chi connectivity index (χ1n) is 9.59. The van der Waals surface area contributed by atoms with Crippen LogP contribution in [0.4, 0.5) is 4.39 Å². The molecule has 1 unspecified atom stereocenters. The van der Waals surface area contributed by atoms with E-state index in [1.165, 1.54) is 28.6 Å². The van der Waals surface area contributed by atoms with Gasteiger partial charge in [0.2, 0.25) is 0 Å². The van der Waals surface area contributed by atoms with Crippen molar-refractivity contribution < 1.29 is 9.50 Å². The number of aromatic nitrogens is 1. The van der Waals surface area contributed by atoms with Gasteiger partial charge in [-0.15, -0.1) is 24.0 Å². The average Bonchev–Trinajstić information content (AvgIpc) is 3.11. The molecule has 1 aromatic heterocycles. The number of aryl methyl sites for hydroxylation is 1. The Labute approximate surface area is 187 Å². The van der Waals surface area contributed by atoms with E-state index in [-0.39, 0.29) is 36.3 Å². The van der Waals surface area contributed by atoms with Crippen LogP contribution in [-0.4, -0.2) is 35.7 Å². The molecule has 0 aliphatic heterocycles. The van der Waals surface area contributed by atoms with Crippen LogP contribution in [0.1, 0.15) is 29.7 Å². The highest BCUT2D eigenvalue weighted by Gasteiger charge is 2.09. The van der Waals surface area contributed by atoms with Crippen molar-refractivity contribution in [3.05, 3.63) is 71.2 Å². The van der Waals surface area contributed by atoms with Crippen LogP contribution < -0.4 is 10.6 Å². The molecule has 0 aliphatic carbocycles. The monoisotopic (exact) mass is 510 g/mol. The van der Waals surface area contributed by atoms with Crippen molar-refractivity contribution in [3.8, 4) is 0 Å². The standard InChI is InChI=1S/C22H27FN4O.HI/c1-3-24-22(27-14-20(28)16-7-9-18(23)10-8-16)25-12-11-17-13-26-19-6-4-5-15(2)21(17)19;/h4-10,13,20,26,28H,3,11-12,14H2,1-2H3,(H2,24,25,27);1H. The lowest BCUT2D eigenvalue weighted by Crippen LogP contribution is -2.38. The van der Waals surface area contributed by atoms with E-state index in [9.17, 15) is 9.50 Å². The summed E-state index contributed by atoms with van der Waals surface area (Å²) in [5, 5.41) is 18.0. The first-order chi connectivity index (χ1) is 13.6. The Hall–Kier alpha value is -2.13. The maximum atomic E-state index is 13.0. The number of guanidine groups is 1. The predicted octanol–water partition coefficient (Wildman–Crippen LogP) is 4.06. The molecule has 0 fully saturated rings. The van der Waals surface area contributed by atoms with Gasteiger partial charge in [-0.3, -0.25) is 4.99 Å². The highest BCUT2D eigenvalue weighted by atomic mass is 127. The summed E-state index contributed by atoms with van der Waals surface area (Å²) < 4.78 is 13.0. The molecule has 156 valence electrons. The van der Waals surface area contributed by atoms with Gasteiger partial charge in [0.25, 0.3) is 0 Å². The molecule has 0 spiro atoms. The molecule has 0 radical (unpaired) electrons. The third-order valence-electron chi connectivity index (χ3n) is 4.70. The normalized spacial score (nSPS) is 12.5. The second kappa shape index (κ2) is 11.2. The molecule has 3 rings (SSSR count). The van der Waals surface area contributed by atoms with Crippen LogP contribution in [0.3, 0.4) is 0 Å². The third-order valence-corrected chi connectivity index (χ3v) is 4.70. The number of aliphatic hydroxyl groups is 1. The Bertz CT molecular complexity index is 940. The average molecular weight is 510 g/mol. The van der Waals surface area contributed by atoms with E-state index in [2.05, 4.69) is 51.9 Å². The molecular formula is C22H28FIN4O. The van der Waals surface area contributed by atoms with Crippen LogP contribution in [0, 0.1) is 12.7 Å². The molecule has 5 nitrogen and oxygen atoms in total. The zero-order valence-corrected chi connectivity index (χ0v) is 19.0. The Morgan fingerprint density at radius 1 is 1.17 bits per heavy atom. The first-order valence-corrected chi connectivity index (χ1v) is 9.59. The fraction of sp³-hybridized carbons (Fsp3) is 0.318. The number of halogens is 2. The van der Waals surface area contributed by atoms with Gasteiger partial charge >= 0.3 is 0 Å². The number of aliphatic hydroxyl groups excluding tert-OH is 1. The van der Waals surface area contributed by atoms with Crippen molar-refractivity contribution in [2.45, 2.75) is 26.4 Å². The van der Waals surface area contributed by atoms with E-state index < -0.39 is 6.10 Å². The summed E-state index contributed by atoms with van der Waals surface area (Å²) in [5.74, 6) is 0.335. The number of rotatable bonds is 7. The van der Waals surface area contributed by atoms with Crippen molar-refractivity contribution in [2.24, 2.45) is 4.99 Å². The maximum absolute atomic E-state index is 13.0. The molecule has 3 aromatic rings. The molecule has 1 heterocycles. The summed E-state index contributed by atoms with van der Waals surface area (Å²) >= 11 is 0. The minimum Gasteiger partial charge on any atom is -0.386 e. The van der Waals surface area contributed by atoms with Gasteiger partial charge in [0, 0.05) is 30.2 Å². The zero-order chi connectivity index (χ0) is 19.9. The van der Waals surface area contributed by atoms with Crippen LogP contribution in [-0.2, 0) is 6.42 Å². The fourth-order valence-electron chi connectivity index (χ4n) is 3.27. The number of aliphatic imine (C=N–C) groups is 1. The van der Waals surface area contributed by atoms with Crippen molar-refractivity contribution >= 4 is 40.8 Å². The van der Waals surface area contributed by atoms with Crippen LogP contribution in [0.2, 0.25) is 0 Å². The topological polar surface area (TPSA) is 72.4 Å². The van der Waals surface area contributed by atoms with Gasteiger partial charge in [0.1, 0.15) is 5.82 Å². The second-order valence-electron chi connectivity index (χ2n) is 6.78. The molecule has 29 heavy (non-hydrogen) atoms. The first kappa shape index (κ1) is 23.2. The number of aromatic amines is 1. The lowest BCUT2D eigenvalue weighted by atomic mass is 10.1. The SMILES string of the molecule is CCNC(=NCC(O)c1ccc(F)cc1)NCCc1c[nH]c2cccc(C)c12.I. The van der Waals surface area contributed by atoms with Gasteiger partial charge in [0.05, 0.1) is 12.6 Å². The van der Waals surface area contributed by atoms with Crippen molar-refractivity contribution in [3.63, 3.8) is 0 Å². The number of nitrogens with one attached hydrogen (secondary N) is 3. The van der Waals surface area contributed by atoms with Crippen LogP contribution in [0.15, 0.2) is 53.7 Å². The minimum absolute atomic E-state index is 0. The van der Waals surface area contributed by atoms with E-state index in [0.29, 0.717) is 11.5 Å². The minimum atomic E-state index is -0.771. The van der Waals surface area contributed by atoms with Gasteiger partial charge in [-0.1, -0.05) is 24.3 Å². The summed E-state index contributed by atoms with van der Waals surface area (Å²) in [6.07, 6.45) is 2.14. The molecule has 2 aromatic carbocycles. The van der Waals surface area contributed by atoms with Gasteiger partial charge < -0.3 is 20.7 Å². The third kappa shape index (κ3) is 6.17. The predicted molar refractivity (Wildman–Crippen MR) is 127 cm³/mol. The number of nitrogens with zero attached hydrogens (tertiary/aromatic N) is 1. The van der Waals surface area contributed by atoms with Crippen LogP contribution >= 0.6 is 24.0 Å². The number of fused-ring (bicyclic) bond motifs is 1. The Morgan fingerprint density at radius 2 is 1.93 bits per heavy atom. The van der Waals surface area contributed by atoms with Gasteiger partial charge in [-0.05, 0) is 55.2 Å². The summed E-state index contributed by atoms with van der Waals surface area (Å²) in [6, 6.07) is 12.1. The van der Waals surface area contributed by atoms with Crippen LogP contribution in [0.5, 0.6) is 0 Å². The summed E-state index contributed by atoms with van der Waals surface area (Å²) in [7, 11) is 0. The van der Waals surface area contributed by atoms with Crippen LogP contribution in [0.25, 0.3) is 10.9 Å². The number of benzene rings is 2. The van der Waals surface area contributed by atoms with Crippen molar-refractivity contribution in [1.82, 2.24) is 15.6 Å². The summed E-state index contributed by atoms with van der Waals surface area (Å²) in [5.41, 5.74) is 4.33. The summed E-state index contributed by atoms with van der Waals surface area (Å²) in [4.78, 5) is 7.77. The smallest absolute Gasteiger partial charge is 0.191 e. The van der Waals surface area contributed by atoms with Crippen molar-refractivity contribution in [1.29, 1.82) is 0 Å². The largest absolute Gasteiger partial charge is 0.386 e. The summed E-state index contributed by atoms with van der Waals surface area (Å²) in [6.45, 7) is 5.77. The quantitative estimate of drug-likeness (QED) is 0.220. The highest BCUT2D eigenvalue weighted by molar-refractivity contribution is 14.0. The molecular weight excluding hydrogens is 482 g/mol. The van der Waals surface area contributed by atoms with E-state index in [1.807, 2.05) is 6.92 Å². The molecule has 4 N–H and O–H groups in total. The van der Waals surface area contributed by atoms with Gasteiger partial charge in [-0.2, -0.15) is 0 Å². The number of H-pyrrole nitrogens is 1. The Morgan fingerprint density at radius 3 is 2.66 bits per heavy atom. The molecule has 0 saturated carbocycles. The zero-order valence-electron chi connectivity index (χ0n) is 16.7. The fourth-order valence-corrected chi connectivity index (χ4v) is 3.27. The van der Waals surface area contributed by atoms with Crippen molar-refractivity contribution in [2.75, 3.05) is 19.6 Å². The second-order valence-corrected chi connectivity index (χ2v) is 6.78. The molecule has 7 heteroatoms. The number of hydrogen-bond donors (Lipinski definition) is 4. The Balaban J connectivity index is 0.00000300. The van der Waals surface area contributed by atoms with Gasteiger partial charge in [-0.25, -0.2) is 4.39 Å². The lowest BCUT2D eigenvalue weighted by molar-refractivity contribution is 0.187. The maximum Gasteiger partial charge on any atom is 0.191 e. The number of hydrogen-bond acceptors (Lipinski definition) is 2. The highest BCUT2D eigenvalue weighted by Crippen LogP contribution is 2.22. The molecule has 0 saturated heterocycles.